The van der Waals surface area contributed by atoms with Crippen molar-refractivity contribution >= 4 is 21.6 Å². The average molecular weight is 303 g/mol. The van der Waals surface area contributed by atoms with Gasteiger partial charge in [0, 0.05) is 36.9 Å². The highest BCUT2D eigenvalue weighted by molar-refractivity contribution is 9.10. The minimum Gasteiger partial charge on any atom is -0.395 e. The Balaban J connectivity index is 2.82. The summed E-state index contributed by atoms with van der Waals surface area (Å²) in [5.74, 6) is 0. The highest BCUT2D eigenvalue weighted by Crippen LogP contribution is 2.23. The Hall–Kier alpha value is -0.620. The summed E-state index contributed by atoms with van der Waals surface area (Å²) >= 11 is 3.49. The van der Waals surface area contributed by atoms with Crippen LogP contribution in [0.5, 0.6) is 0 Å². The fourth-order valence-corrected chi connectivity index (χ4v) is 2.12. The van der Waals surface area contributed by atoms with Crippen LogP contribution in [-0.2, 0) is 11.3 Å². The zero-order valence-corrected chi connectivity index (χ0v) is 11.6. The van der Waals surface area contributed by atoms with Crippen molar-refractivity contribution in [3.63, 3.8) is 0 Å². The Morgan fingerprint density at radius 2 is 2.18 bits per heavy atom. The van der Waals surface area contributed by atoms with Gasteiger partial charge in [-0.3, -0.25) is 0 Å². The molecule has 0 aromatic heterocycles. The average Bonchev–Trinajstić information content (AvgIpc) is 2.34. The lowest BCUT2D eigenvalue weighted by Gasteiger charge is -2.24. The van der Waals surface area contributed by atoms with E-state index in [-0.39, 0.29) is 6.61 Å². The molecule has 1 aromatic carbocycles. The van der Waals surface area contributed by atoms with Gasteiger partial charge in [-0.2, -0.15) is 0 Å². The maximum absolute atomic E-state index is 9.05. The molecule has 17 heavy (non-hydrogen) atoms. The Kier molecular flexibility index (Phi) is 6.50. The second kappa shape index (κ2) is 7.66. The van der Waals surface area contributed by atoms with Crippen LogP contribution < -0.4 is 10.6 Å². The molecule has 1 rings (SSSR count). The van der Waals surface area contributed by atoms with Crippen molar-refractivity contribution in [3.8, 4) is 0 Å². The number of hydrogen-bond donors (Lipinski definition) is 2. The Bertz CT molecular complexity index is 347. The van der Waals surface area contributed by atoms with Gasteiger partial charge in [0.25, 0.3) is 0 Å². The smallest absolute Gasteiger partial charge is 0.0637 e. The van der Waals surface area contributed by atoms with Crippen molar-refractivity contribution < 1.29 is 9.84 Å². The number of rotatable bonds is 7. The van der Waals surface area contributed by atoms with Gasteiger partial charge in [0.2, 0.25) is 0 Å². The summed E-state index contributed by atoms with van der Waals surface area (Å²) in [7, 11) is 1.67. The third-order valence-corrected chi connectivity index (χ3v) is 3.30. The van der Waals surface area contributed by atoms with Crippen molar-refractivity contribution in [2.24, 2.45) is 5.73 Å². The molecule has 96 valence electrons. The van der Waals surface area contributed by atoms with E-state index in [9.17, 15) is 0 Å². The first kappa shape index (κ1) is 14.4. The predicted molar refractivity (Wildman–Crippen MR) is 73.2 cm³/mol. The molecule has 0 unspecified atom stereocenters. The van der Waals surface area contributed by atoms with Crippen LogP contribution in [-0.4, -0.2) is 38.5 Å². The molecule has 0 fully saturated rings. The number of nitrogens with zero attached hydrogens (tertiary/aromatic N) is 1. The SMILES string of the molecule is COCCN(CCO)c1ccc(CN)c(Br)c1. The number of ether oxygens (including phenoxy) is 1. The first-order valence-electron chi connectivity index (χ1n) is 5.56. The zero-order valence-electron chi connectivity index (χ0n) is 10.0. The van der Waals surface area contributed by atoms with Crippen molar-refractivity contribution in [2.75, 3.05) is 38.3 Å². The minimum absolute atomic E-state index is 0.125. The van der Waals surface area contributed by atoms with Gasteiger partial charge in [-0.25, -0.2) is 0 Å². The number of methoxy groups -OCH3 is 1. The Morgan fingerprint density at radius 3 is 2.71 bits per heavy atom. The van der Waals surface area contributed by atoms with E-state index in [1.165, 1.54) is 0 Å². The van der Waals surface area contributed by atoms with Gasteiger partial charge in [-0.15, -0.1) is 0 Å². The molecule has 0 heterocycles. The third kappa shape index (κ3) is 4.27. The lowest BCUT2D eigenvalue weighted by atomic mass is 10.2. The number of aliphatic hydroxyl groups is 1. The number of nitrogens with two attached hydrogens (primary N) is 1. The summed E-state index contributed by atoms with van der Waals surface area (Å²) in [6.45, 7) is 2.62. The van der Waals surface area contributed by atoms with E-state index in [1.54, 1.807) is 7.11 Å². The second-order valence-electron chi connectivity index (χ2n) is 3.68. The predicted octanol–water partition coefficient (Wildman–Crippen LogP) is 1.35. The maximum Gasteiger partial charge on any atom is 0.0637 e. The first-order valence-corrected chi connectivity index (χ1v) is 6.35. The molecule has 0 aliphatic carbocycles. The fourth-order valence-electron chi connectivity index (χ4n) is 1.59. The number of hydrogen-bond acceptors (Lipinski definition) is 4. The number of benzene rings is 1. The normalized spacial score (nSPS) is 10.6. The van der Waals surface area contributed by atoms with Gasteiger partial charge >= 0.3 is 0 Å². The Morgan fingerprint density at radius 1 is 1.41 bits per heavy atom. The molecule has 0 atom stereocenters. The van der Waals surface area contributed by atoms with Crippen LogP contribution >= 0.6 is 15.9 Å². The van der Waals surface area contributed by atoms with E-state index in [0.29, 0.717) is 19.7 Å². The fraction of sp³-hybridized carbons (Fsp3) is 0.500. The van der Waals surface area contributed by atoms with E-state index < -0.39 is 0 Å². The topological polar surface area (TPSA) is 58.7 Å². The van der Waals surface area contributed by atoms with E-state index in [1.807, 2.05) is 18.2 Å². The largest absolute Gasteiger partial charge is 0.395 e. The lowest BCUT2D eigenvalue weighted by molar-refractivity contribution is 0.203. The number of anilines is 1. The number of halogens is 1. The van der Waals surface area contributed by atoms with Gasteiger partial charge < -0.3 is 20.5 Å². The molecular weight excluding hydrogens is 284 g/mol. The molecule has 4 nitrogen and oxygen atoms in total. The van der Waals surface area contributed by atoms with Crippen LogP contribution in [0.25, 0.3) is 0 Å². The maximum atomic E-state index is 9.05. The summed E-state index contributed by atoms with van der Waals surface area (Å²) < 4.78 is 6.06. The highest BCUT2D eigenvalue weighted by Gasteiger charge is 2.07. The van der Waals surface area contributed by atoms with Crippen molar-refractivity contribution in [2.45, 2.75) is 6.54 Å². The summed E-state index contributed by atoms with van der Waals surface area (Å²) in [4.78, 5) is 2.08. The second-order valence-corrected chi connectivity index (χ2v) is 4.54. The summed E-state index contributed by atoms with van der Waals surface area (Å²) in [6.07, 6.45) is 0. The molecule has 0 radical (unpaired) electrons. The molecule has 5 heteroatoms. The van der Waals surface area contributed by atoms with E-state index >= 15 is 0 Å². The van der Waals surface area contributed by atoms with Crippen LogP contribution in [0.1, 0.15) is 5.56 Å². The van der Waals surface area contributed by atoms with Gasteiger partial charge in [-0.05, 0) is 17.7 Å². The van der Waals surface area contributed by atoms with Crippen molar-refractivity contribution in [1.29, 1.82) is 0 Å². The summed E-state index contributed by atoms with van der Waals surface area (Å²) in [6, 6.07) is 6.03. The zero-order chi connectivity index (χ0) is 12.7. The molecule has 0 aliphatic rings. The molecule has 0 saturated heterocycles. The van der Waals surface area contributed by atoms with Crippen LogP contribution in [0.3, 0.4) is 0 Å². The molecule has 3 N–H and O–H groups in total. The third-order valence-electron chi connectivity index (χ3n) is 2.56. The van der Waals surface area contributed by atoms with Gasteiger partial charge in [-0.1, -0.05) is 22.0 Å². The molecule has 1 aromatic rings. The standard InChI is InChI=1S/C12H19BrN2O2/c1-17-7-5-15(4-6-16)11-3-2-10(9-14)12(13)8-11/h2-3,8,16H,4-7,9,14H2,1H3. The monoisotopic (exact) mass is 302 g/mol. The quantitative estimate of drug-likeness (QED) is 0.798. The first-order chi connectivity index (χ1) is 8.22. The van der Waals surface area contributed by atoms with Crippen molar-refractivity contribution in [1.82, 2.24) is 0 Å². The van der Waals surface area contributed by atoms with Gasteiger partial charge in [0.05, 0.1) is 13.2 Å². The molecule has 0 amide bonds. The molecular formula is C12H19BrN2O2. The van der Waals surface area contributed by atoms with Crippen LogP contribution in [0, 0.1) is 0 Å². The van der Waals surface area contributed by atoms with E-state index in [4.69, 9.17) is 15.6 Å². The van der Waals surface area contributed by atoms with Crippen molar-refractivity contribution in [3.05, 3.63) is 28.2 Å². The van der Waals surface area contributed by atoms with Gasteiger partial charge in [0.15, 0.2) is 0 Å². The molecule has 0 saturated carbocycles. The Labute approximate surface area is 110 Å². The minimum atomic E-state index is 0.125. The van der Waals surface area contributed by atoms with Crippen LogP contribution in [0.4, 0.5) is 5.69 Å². The summed E-state index contributed by atoms with van der Waals surface area (Å²) in [5, 5.41) is 9.05. The summed E-state index contributed by atoms with van der Waals surface area (Å²) in [5.41, 5.74) is 7.74. The van der Waals surface area contributed by atoms with Crippen LogP contribution in [0.2, 0.25) is 0 Å². The molecule has 0 spiro atoms. The van der Waals surface area contributed by atoms with E-state index in [0.717, 1.165) is 22.3 Å². The van der Waals surface area contributed by atoms with Crippen LogP contribution in [0.15, 0.2) is 22.7 Å². The lowest BCUT2D eigenvalue weighted by Crippen LogP contribution is -2.30. The molecule has 0 aliphatic heterocycles. The van der Waals surface area contributed by atoms with E-state index in [2.05, 4.69) is 20.8 Å². The molecule has 0 bridgehead atoms. The van der Waals surface area contributed by atoms with Gasteiger partial charge in [0.1, 0.15) is 0 Å². The highest BCUT2D eigenvalue weighted by atomic mass is 79.9. The number of aliphatic hydroxyl groups excluding tert-OH is 1.